The van der Waals surface area contributed by atoms with Crippen molar-refractivity contribution in [2.24, 2.45) is 0 Å². The largest absolute Gasteiger partial charge is 0.521 e. The monoisotopic (exact) mass is 170 g/mol. The van der Waals surface area contributed by atoms with Gasteiger partial charge in [0.1, 0.15) is 0 Å². The highest BCUT2D eigenvalue weighted by Crippen LogP contribution is 2.12. The number of aromatic nitrogens is 1. The summed E-state index contributed by atoms with van der Waals surface area (Å²) in [6, 6.07) is 0. The van der Waals surface area contributed by atoms with Gasteiger partial charge in [-0.3, -0.25) is 0 Å². The second-order valence-corrected chi connectivity index (χ2v) is 2.60. The molecule has 1 aromatic rings. The molecule has 0 aliphatic rings. The van der Waals surface area contributed by atoms with Gasteiger partial charge in [0.15, 0.2) is 0 Å². The van der Waals surface area contributed by atoms with Gasteiger partial charge in [-0.25, -0.2) is 4.98 Å². The topological polar surface area (TPSA) is 12.9 Å². The maximum atomic E-state index is 11.9. The summed E-state index contributed by atoms with van der Waals surface area (Å²) in [6.45, 7) is -5.07. The zero-order valence-corrected chi connectivity index (χ0v) is 5.34. The minimum Gasteiger partial charge on any atom is -0.444 e. The first-order chi connectivity index (χ1) is 4.50. The predicted octanol–water partition coefficient (Wildman–Crippen LogP) is 1.34. The van der Waals surface area contributed by atoms with E-state index in [2.05, 4.69) is 4.98 Å². The lowest BCUT2D eigenvalue weighted by molar-refractivity contribution is 0.502. The Kier molecular flexibility index (Phi) is 1.67. The van der Waals surface area contributed by atoms with Crippen LogP contribution in [0.1, 0.15) is 0 Å². The molecule has 0 aliphatic carbocycles. The first kappa shape index (κ1) is 7.52. The van der Waals surface area contributed by atoms with Crippen LogP contribution in [-0.4, -0.2) is 12.0 Å². The summed E-state index contributed by atoms with van der Waals surface area (Å²) >= 11 is 0.0197. The minimum absolute atomic E-state index is 0.0197. The van der Waals surface area contributed by atoms with Gasteiger partial charge in [-0.2, -0.15) is 4.39 Å². The van der Waals surface area contributed by atoms with Crippen LogP contribution in [0.25, 0.3) is 0 Å². The Morgan fingerprint density at radius 3 is 2.20 bits per heavy atom. The Morgan fingerprint density at radius 2 is 2.00 bits per heavy atom. The molecule has 0 atom stereocenters. The van der Waals surface area contributed by atoms with E-state index in [0.717, 1.165) is 0 Å². The van der Waals surface area contributed by atoms with Gasteiger partial charge in [0.05, 0.1) is 0 Å². The van der Waals surface area contributed by atoms with Crippen molar-refractivity contribution >= 4 is 23.1 Å². The number of halogens is 4. The first-order valence-corrected chi connectivity index (χ1v) is 3.13. The lowest BCUT2D eigenvalue weighted by Crippen LogP contribution is -2.30. The normalized spacial score (nSPS) is 12.0. The summed E-state index contributed by atoms with van der Waals surface area (Å²) in [7, 11) is 0. The van der Waals surface area contributed by atoms with Crippen LogP contribution in [0.5, 0.6) is 0 Å². The Balaban J connectivity index is 2.96. The summed E-state index contributed by atoms with van der Waals surface area (Å²) < 4.78 is 45.9. The molecule has 0 bridgehead atoms. The molecule has 0 amide bonds. The first-order valence-electron chi connectivity index (χ1n) is 2.31. The van der Waals surface area contributed by atoms with Crippen molar-refractivity contribution in [1.29, 1.82) is 0 Å². The van der Waals surface area contributed by atoms with E-state index in [4.69, 9.17) is 0 Å². The molecular weight excluding hydrogens is 169 g/mol. The van der Waals surface area contributed by atoms with Gasteiger partial charge in [-0.15, -0.1) is 11.3 Å². The third-order valence-electron chi connectivity index (χ3n) is 0.818. The zero-order chi connectivity index (χ0) is 7.78. The average Bonchev–Trinajstić information content (AvgIpc) is 2.11. The fourth-order valence-electron chi connectivity index (χ4n) is 0.416. The second-order valence-electron chi connectivity index (χ2n) is 1.59. The number of hydrogen-bond donors (Lipinski definition) is 0. The van der Waals surface area contributed by atoms with Gasteiger partial charge < -0.3 is 12.9 Å². The van der Waals surface area contributed by atoms with Crippen LogP contribution in [0.15, 0.2) is 6.20 Å². The molecule has 0 aliphatic heterocycles. The molecule has 1 aromatic heterocycles. The molecule has 0 spiro atoms. The SMILES string of the molecule is Fc1ncc([B-](F)(F)F)s1. The van der Waals surface area contributed by atoms with Crippen LogP contribution in [0.3, 0.4) is 0 Å². The van der Waals surface area contributed by atoms with Gasteiger partial charge in [0.2, 0.25) is 0 Å². The van der Waals surface area contributed by atoms with E-state index in [0.29, 0.717) is 6.20 Å². The third-order valence-corrected chi connectivity index (χ3v) is 1.70. The second kappa shape index (κ2) is 2.23. The van der Waals surface area contributed by atoms with Gasteiger partial charge in [0, 0.05) is 6.20 Å². The van der Waals surface area contributed by atoms with Gasteiger partial charge in [-0.05, 0) is 4.78 Å². The molecule has 0 unspecified atom stereocenters. The van der Waals surface area contributed by atoms with Gasteiger partial charge in [0.25, 0.3) is 5.26 Å². The van der Waals surface area contributed by atoms with Gasteiger partial charge >= 0.3 is 6.98 Å². The van der Waals surface area contributed by atoms with Crippen LogP contribution in [0, 0.1) is 5.26 Å². The molecule has 0 aromatic carbocycles. The van der Waals surface area contributed by atoms with E-state index in [-0.39, 0.29) is 11.3 Å². The van der Waals surface area contributed by atoms with E-state index >= 15 is 0 Å². The van der Waals surface area contributed by atoms with E-state index in [1.54, 1.807) is 0 Å². The Bertz CT molecular complexity index is 231. The van der Waals surface area contributed by atoms with E-state index in [1.165, 1.54) is 0 Å². The zero-order valence-electron chi connectivity index (χ0n) is 4.52. The van der Waals surface area contributed by atoms with Crippen molar-refractivity contribution < 1.29 is 17.3 Å². The van der Waals surface area contributed by atoms with Crippen molar-refractivity contribution in [3.63, 3.8) is 0 Å². The number of hydrogen-bond acceptors (Lipinski definition) is 2. The Hall–Kier alpha value is -0.585. The maximum Gasteiger partial charge on any atom is 0.521 e. The molecule has 0 saturated carbocycles. The highest BCUT2D eigenvalue weighted by atomic mass is 32.1. The standard InChI is InChI=1S/C3HBF4NS/c5-3-9-1-2(10-3)4(6,7)8/h1H/q-1. The quantitative estimate of drug-likeness (QED) is 0.457. The lowest BCUT2D eigenvalue weighted by Gasteiger charge is -2.08. The Labute approximate surface area is 57.8 Å². The molecule has 0 fully saturated rings. The van der Waals surface area contributed by atoms with Crippen molar-refractivity contribution in [2.45, 2.75) is 0 Å². The molecule has 1 rings (SSSR count). The van der Waals surface area contributed by atoms with Crippen molar-refractivity contribution in [1.82, 2.24) is 4.98 Å². The highest BCUT2D eigenvalue weighted by Gasteiger charge is 2.28. The van der Waals surface area contributed by atoms with Gasteiger partial charge in [-0.1, -0.05) is 0 Å². The maximum absolute atomic E-state index is 11.9. The molecule has 0 N–H and O–H groups in total. The molecule has 10 heavy (non-hydrogen) atoms. The lowest BCUT2D eigenvalue weighted by atomic mass is 9.91. The number of thiazole rings is 1. The summed E-state index contributed by atoms with van der Waals surface area (Å²) in [6.07, 6.45) is 0.500. The average molecular weight is 170 g/mol. The highest BCUT2D eigenvalue weighted by molar-refractivity contribution is 7.22. The van der Waals surface area contributed by atoms with Crippen LogP contribution in [0.2, 0.25) is 0 Å². The fraction of sp³-hybridized carbons (Fsp3) is 0. The third kappa shape index (κ3) is 1.47. The molecule has 7 heteroatoms. The molecule has 0 saturated heterocycles. The summed E-state index contributed by atoms with van der Waals surface area (Å²) in [5.74, 6) is 0. The number of rotatable bonds is 1. The van der Waals surface area contributed by atoms with Crippen LogP contribution < -0.4 is 4.78 Å². The molecular formula is C3HBF4NS-. The molecule has 1 nitrogen and oxygen atoms in total. The predicted molar refractivity (Wildman–Crippen MR) is 30.8 cm³/mol. The van der Waals surface area contributed by atoms with Crippen LogP contribution in [0.4, 0.5) is 17.3 Å². The summed E-state index contributed by atoms with van der Waals surface area (Å²) in [5.41, 5.74) is 0. The van der Waals surface area contributed by atoms with Crippen LogP contribution >= 0.6 is 11.3 Å². The Morgan fingerprint density at radius 1 is 1.40 bits per heavy atom. The van der Waals surface area contributed by atoms with Crippen LogP contribution in [-0.2, 0) is 0 Å². The molecule has 1 heterocycles. The fourth-order valence-corrected chi connectivity index (χ4v) is 0.955. The molecule has 56 valence electrons. The van der Waals surface area contributed by atoms with Crippen molar-refractivity contribution in [3.8, 4) is 0 Å². The van der Waals surface area contributed by atoms with E-state index < -0.39 is 17.0 Å². The summed E-state index contributed by atoms with van der Waals surface area (Å²) in [5, 5.41) is -1.05. The van der Waals surface area contributed by atoms with Crippen molar-refractivity contribution in [2.75, 3.05) is 0 Å². The summed E-state index contributed by atoms with van der Waals surface area (Å²) in [4.78, 5) is 2.83. The minimum atomic E-state index is -5.07. The van der Waals surface area contributed by atoms with E-state index in [1.807, 2.05) is 0 Å². The van der Waals surface area contributed by atoms with Crippen molar-refractivity contribution in [3.05, 3.63) is 11.5 Å². The molecule has 0 radical (unpaired) electrons. The number of nitrogens with zero attached hydrogens (tertiary/aromatic N) is 1. The smallest absolute Gasteiger partial charge is 0.444 e. The van der Waals surface area contributed by atoms with E-state index in [9.17, 15) is 17.3 Å².